The van der Waals surface area contributed by atoms with Crippen LogP contribution in [-0.4, -0.2) is 44.6 Å². The van der Waals surface area contributed by atoms with Crippen LogP contribution in [-0.2, 0) is 0 Å². The van der Waals surface area contributed by atoms with E-state index in [2.05, 4.69) is 10.3 Å². The second-order valence-corrected chi connectivity index (χ2v) is 8.43. The standard InChI is InChI=1S/C13H18FNO.C8H10N2O3S/c1-10-8-11(4-5-12(10)14)15-13(9-16)6-2-3-7-13;1-6-7(10(12)13)2-3-8(9-6)14-5-4-11/h4-5,8,15-16H,2-3,6-7,9H2,1H3;2-3,11H,4-5H2,1H3. The number of rotatable bonds is 7. The van der Waals surface area contributed by atoms with E-state index in [0.29, 0.717) is 22.0 Å². The molecule has 0 amide bonds. The Bertz CT molecular complexity index is 860. The molecule has 30 heavy (non-hydrogen) atoms. The summed E-state index contributed by atoms with van der Waals surface area (Å²) in [7, 11) is 0. The van der Waals surface area contributed by atoms with Gasteiger partial charge in [0.1, 0.15) is 11.5 Å². The number of nitro groups is 1. The molecule has 1 saturated carbocycles. The molecule has 164 valence electrons. The van der Waals surface area contributed by atoms with E-state index < -0.39 is 4.92 Å². The minimum atomic E-state index is -0.456. The van der Waals surface area contributed by atoms with Crippen LogP contribution in [0.1, 0.15) is 36.9 Å². The maximum Gasteiger partial charge on any atom is 0.290 e. The molecule has 0 radical (unpaired) electrons. The maximum absolute atomic E-state index is 13.1. The molecule has 1 heterocycles. The monoisotopic (exact) mass is 437 g/mol. The van der Waals surface area contributed by atoms with E-state index in [1.165, 1.54) is 23.9 Å². The van der Waals surface area contributed by atoms with Crippen LogP contribution in [0.3, 0.4) is 0 Å². The maximum atomic E-state index is 13.1. The van der Waals surface area contributed by atoms with Crippen LogP contribution < -0.4 is 5.32 Å². The molecule has 0 unspecified atom stereocenters. The summed E-state index contributed by atoms with van der Waals surface area (Å²) in [5, 5.41) is 32.6. The number of aliphatic hydroxyl groups excluding tert-OH is 2. The summed E-state index contributed by atoms with van der Waals surface area (Å²) in [6, 6.07) is 8.02. The van der Waals surface area contributed by atoms with Gasteiger partial charge >= 0.3 is 0 Å². The zero-order chi connectivity index (χ0) is 22.1. The van der Waals surface area contributed by atoms with E-state index in [0.717, 1.165) is 31.4 Å². The van der Waals surface area contributed by atoms with Crippen molar-refractivity contribution in [2.75, 3.05) is 24.3 Å². The molecule has 1 aromatic carbocycles. The van der Waals surface area contributed by atoms with E-state index in [1.807, 2.05) is 0 Å². The number of hydrogen-bond donors (Lipinski definition) is 3. The van der Waals surface area contributed by atoms with Gasteiger partial charge in [0.25, 0.3) is 5.69 Å². The summed E-state index contributed by atoms with van der Waals surface area (Å²) in [4.78, 5) is 14.1. The Balaban J connectivity index is 0.000000216. The number of nitrogens with zero attached hydrogens (tertiary/aromatic N) is 2. The third-order valence-electron chi connectivity index (χ3n) is 5.00. The van der Waals surface area contributed by atoms with Gasteiger partial charge in [0.15, 0.2) is 0 Å². The summed E-state index contributed by atoms with van der Waals surface area (Å²) in [5.41, 5.74) is 1.77. The highest BCUT2D eigenvalue weighted by Gasteiger charge is 2.32. The summed E-state index contributed by atoms with van der Waals surface area (Å²) in [5.74, 6) is 0.361. The molecule has 3 N–H and O–H groups in total. The van der Waals surface area contributed by atoms with Crippen LogP contribution in [0, 0.1) is 29.8 Å². The first kappa shape index (κ1) is 24.0. The number of pyridine rings is 1. The number of aryl methyl sites for hydroxylation is 2. The lowest BCUT2D eigenvalue weighted by Gasteiger charge is -2.29. The van der Waals surface area contributed by atoms with Crippen LogP contribution in [0.5, 0.6) is 0 Å². The minimum absolute atomic E-state index is 0.0262. The van der Waals surface area contributed by atoms with Gasteiger partial charge in [-0.2, -0.15) is 0 Å². The largest absolute Gasteiger partial charge is 0.396 e. The lowest BCUT2D eigenvalue weighted by atomic mass is 9.98. The van der Waals surface area contributed by atoms with Crippen molar-refractivity contribution >= 4 is 23.1 Å². The first-order valence-electron chi connectivity index (χ1n) is 9.81. The fourth-order valence-electron chi connectivity index (χ4n) is 3.36. The van der Waals surface area contributed by atoms with E-state index >= 15 is 0 Å². The first-order valence-corrected chi connectivity index (χ1v) is 10.8. The molecule has 3 rings (SSSR count). The van der Waals surface area contributed by atoms with Gasteiger partial charge < -0.3 is 15.5 Å². The molecule has 1 aliphatic rings. The number of nitrogens with one attached hydrogen (secondary N) is 1. The van der Waals surface area contributed by atoms with Crippen LogP contribution in [0.15, 0.2) is 35.4 Å². The fourth-order valence-corrected chi connectivity index (χ4v) is 4.02. The number of halogens is 1. The highest BCUT2D eigenvalue weighted by Crippen LogP contribution is 2.33. The number of benzene rings is 1. The number of aliphatic hydroxyl groups is 2. The average molecular weight is 438 g/mol. The molecule has 0 spiro atoms. The zero-order valence-corrected chi connectivity index (χ0v) is 18.0. The zero-order valence-electron chi connectivity index (χ0n) is 17.2. The molecule has 1 aromatic heterocycles. The van der Waals surface area contributed by atoms with E-state index in [-0.39, 0.29) is 30.3 Å². The Hall–Kier alpha value is -2.23. The Morgan fingerprint density at radius 2 is 1.93 bits per heavy atom. The third kappa shape index (κ3) is 6.65. The predicted molar refractivity (Wildman–Crippen MR) is 116 cm³/mol. The molecule has 2 aromatic rings. The lowest BCUT2D eigenvalue weighted by Crippen LogP contribution is -2.39. The number of hydrogen-bond acceptors (Lipinski definition) is 7. The molecule has 1 fully saturated rings. The highest BCUT2D eigenvalue weighted by atomic mass is 32.2. The molecule has 0 atom stereocenters. The number of anilines is 1. The summed E-state index contributed by atoms with van der Waals surface area (Å²) in [6.45, 7) is 3.56. The minimum Gasteiger partial charge on any atom is -0.396 e. The molecular formula is C21H28FN3O4S. The van der Waals surface area contributed by atoms with Crippen molar-refractivity contribution in [2.45, 2.75) is 50.1 Å². The van der Waals surface area contributed by atoms with Crippen LogP contribution in [0.2, 0.25) is 0 Å². The first-order chi connectivity index (χ1) is 14.3. The molecule has 1 aliphatic carbocycles. The Morgan fingerprint density at radius 1 is 1.23 bits per heavy atom. The second-order valence-electron chi connectivity index (χ2n) is 7.32. The normalized spacial score (nSPS) is 14.7. The molecule has 7 nitrogen and oxygen atoms in total. The van der Waals surface area contributed by atoms with Crippen molar-refractivity contribution < 1.29 is 19.5 Å². The van der Waals surface area contributed by atoms with Crippen molar-refractivity contribution in [1.29, 1.82) is 0 Å². The van der Waals surface area contributed by atoms with Gasteiger partial charge in [-0.15, -0.1) is 11.8 Å². The van der Waals surface area contributed by atoms with Gasteiger partial charge in [-0.3, -0.25) is 10.1 Å². The second kappa shape index (κ2) is 11.2. The highest BCUT2D eigenvalue weighted by molar-refractivity contribution is 7.99. The van der Waals surface area contributed by atoms with Gasteiger partial charge in [-0.25, -0.2) is 9.37 Å². The van der Waals surface area contributed by atoms with Gasteiger partial charge in [-0.1, -0.05) is 12.8 Å². The van der Waals surface area contributed by atoms with E-state index in [9.17, 15) is 19.6 Å². The predicted octanol–water partition coefficient (Wildman–Crippen LogP) is 4.23. The summed E-state index contributed by atoms with van der Waals surface area (Å²) < 4.78 is 13.1. The van der Waals surface area contributed by atoms with Crippen molar-refractivity contribution in [3.8, 4) is 0 Å². The molecule has 0 saturated heterocycles. The Morgan fingerprint density at radius 3 is 2.47 bits per heavy atom. The summed E-state index contributed by atoms with van der Waals surface area (Å²) >= 11 is 1.37. The average Bonchev–Trinajstić information content (AvgIpc) is 3.18. The van der Waals surface area contributed by atoms with Crippen molar-refractivity contribution in [2.24, 2.45) is 0 Å². The van der Waals surface area contributed by atoms with Crippen molar-refractivity contribution in [3.05, 3.63) is 57.5 Å². The molecule has 0 bridgehead atoms. The van der Waals surface area contributed by atoms with Gasteiger partial charge in [-0.05, 0) is 56.5 Å². The van der Waals surface area contributed by atoms with E-state index in [4.69, 9.17) is 5.11 Å². The SMILES string of the molecule is Cc1cc(NC2(CO)CCCC2)ccc1F.Cc1nc(SCCO)ccc1[N+](=O)[O-]. The Kier molecular flexibility index (Phi) is 9.01. The van der Waals surface area contributed by atoms with E-state index in [1.54, 1.807) is 32.0 Å². The van der Waals surface area contributed by atoms with Crippen LogP contribution in [0.4, 0.5) is 15.8 Å². The molecule has 0 aliphatic heterocycles. The lowest BCUT2D eigenvalue weighted by molar-refractivity contribution is -0.385. The smallest absolute Gasteiger partial charge is 0.290 e. The van der Waals surface area contributed by atoms with Crippen molar-refractivity contribution in [3.63, 3.8) is 0 Å². The topological polar surface area (TPSA) is 109 Å². The van der Waals surface area contributed by atoms with Crippen LogP contribution >= 0.6 is 11.8 Å². The Labute approximate surface area is 179 Å². The quantitative estimate of drug-likeness (QED) is 0.338. The molecular weight excluding hydrogens is 409 g/mol. The fraction of sp³-hybridized carbons (Fsp3) is 0.476. The van der Waals surface area contributed by atoms with Gasteiger partial charge in [0.2, 0.25) is 0 Å². The number of aromatic nitrogens is 1. The molecule has 9 heteroatoms. The van der Waals surface area contributed by atoms with Crippen LogP contribution in [0.25, 0.3) is 0 Å². The van der Waals surface area contributed by atoms with Gasteiger partial charge in [0, 0.05) is 17.5 Å². The third-order valence-corrected chi connectivity index (χ3v) is 5.91. The summed E-state index contributed by atoms with van der Waals surface area (Å²) in [6.07, 6.45) is 4.27. The van der Waals surface area contributed by atoms with Crippen molar-refractivity contribution in [1.82, 2.24) is 4.98 Å². The van der Waals surface area contributed by atoms with Gasteiger partial charge in [0.05, 0.1) is 28.7 Å². The number of thioether (sulfide) groups is 1.